The highest BCUT2D eigenvalue weighted by Gasteiger charge is 2.24. The van der Waals surface area contributed by atoms with Crippen LogP contribution in [-0.2, 0) is 10.0 Å². The van der Waals surface area contributed by atoms with Crippen molar-refractivity contribution in [3.8, 4) is 0 Å². The Morgan fingerprint density at radius 1 is 0.952 bits per heavy atom. The summed E-state index contributed by atoms with van der Waals surface area (Å²) in [4.78, 5) is -0.969. The first kappa shape index (κ1) is 15.4. The van der Waals surface area contributed by atoms with Crippen LogP contribution in [0.4, 0.5) is 14.5 Å². The highest BCUT2D eigenvalue weighted by molar-refractivity contribution is 7.92. The number of sulfonamides is 1. The Bertz CT molecular complexity index is 738. The SMILES string of the molecule is CC(C)c1ccccc1NS(=O)(=O)c1c(F)cccc1F. The van der Waals surface area contributed by atoms with E-state index in [1.807, 2.05) is 13.8 Å². The van der Waals surface area contributed by atoms with Crippen molar-refractivity contribution in [3.63, 3.8) is 0 Å². The Balaban J connectivity index is 2.48. The molecule has 0 spiro atoms. The highest BCUT2D eigenvalue weighted by Crippen LogP contribution is 2.27. The van der Waals surface area contributed by atoms with Crippen LogP contribution >= 0.6 is 0 Å². The van der Waals surface area contributed by atoms with E-state index in [2.05, 4.69) is 4.72 Å². The number of halogens is 2. The number of hydrogen-bond donors (Lipinski definition) is 1. The summed E-state index contributed by atoms with van der Waals surface area (Å²) >= 11 is 0. The van der Waals surface area contributed by atoms with Crippen LogP contribution in [0, 0.1) is 11.6 Å². The molecule has 0 aliphatic heterocycles. The fourth-order valence-electron chi connectivity index (χ4n) is 2.03. The first-order valence-electron chi connectivity index (χ1n) is 6.38. The molecule has 2 rings (SSSR count). The van der Waals surface area contributed by atoms with Gasteiger partial charge in [0.1, 0.15) is 11.6 Å². The van der Waals surface area contributed by atoms with Crippen molar-refractivity contribution in [3.05, 3.63) is 59.7 Å². The van der Waals surface area contributed by atoms with E-state index in [1.165, 1.54) is 0 Å². The molecule has 2 aromatic rings. The molecule has 0 unspecified atom stereocenters. The van der Waals surface area contributed by atoms with Gasteiger partial charge in [-0.3, -0.25) is 4.72 Å². The molecule has 0 fully saturated rings. The predicted octanol–water partition coefficient (Wildman–Crippen LogP) is 3.89. The molecular weight excluding hydrogens is 296 g/mol. The Labute approximate surface area is 122 Å². The van der Waals surface area contributed by atoms with Crippen LogP contribution < -0.4 is 4.72 Å². The quantitative estimate of drug-likeness (QED) is 0.931. The summed E-state index contributed by atoms with van der Waals surface area (Å²) in [5, 5.41) is 0. The van der Waals surface area contributed by atoms with E-state index in [0.29, 0.717) is 5.69 Å². The van der Waals surface area contributed by atoms with E-state index >= 15 is 0 Å². The molecule has 6 heteroatoms. The zero-order valence-electron chi connectivity index (χ0n) is 11.6. The van der Waals surface area contributed by atoms with Crippen molar-refractivity contribution in [1.29, 1.82) is 0 Å². The van der Waals surface area contributed by atoms with Gasteiger partial charge in [-0.1, -0.05) is 38.1 Å². The molecule has 2 aromatic carbocycles. The van der Waals surface area contributed by atoms with Crippen LogP contribution in [0.3, 0.4) is 0 Å². The molecule has 0 bridgehead atoms. The standard InChI is InChI=1S/C15H15F2NO2S/c1-10(2)11-6-3-4-9-14(11)18-21(19,20)15-12(16)7-5-8-13(15)17/h3-10,18H,1-2H3. The van der Waals surface area contributed by atoms with Gasteiger partial charge in [-0.05, 0) is 29.7 Å². The average Bonchev–Trinajstić information content (AvgIpc) is 2.37. The van der Waals surface area contributed by atoms with E-state index in [1.54, 1.807) is 24.3 Å². The van der Waals surface area contributed by atoms with Gasteiger partial charge in [0.15, 0.2) is 4.90 Å². The molecular formula is C15H15F2NO2S. The monoisotopic (exact) mass is 311 g/mol. The van der Waals surface area contributed by atoms with Gasteiger partial charge >= 0.3 is 0 Å². The summed E-state index contributed by atoms with van der Waals surface area (Å²) in [7, 11) is -4.33. The lowest BCUT2D eigenvalue weighted by molar-refractivity contribution is 0.521. The first-order chi connectivity index (χ1) is 9.83. The van der Waals surface area contributed by atoms with Crippen LogP contribution in [-0.4, -0.2) is 8.42 Å². The molecule has 3 nitrogen and oxygen atoms in total. The number of benzene rings is 2. The van der Waals surface area contributed by atoms with E-state index in [0.717, 1.165) is 23.8 Å². The van der Waals surface area contributed by atoms with Gasteiger partial charge in [0.25, 0.3) is 10.0 Å². The van der Waals surface area contributed by atoms with Crippen LogP contribution in [0.25, 0.3) is 0 Å². The lowest BCUT2D eigenvalue weighted by Gasteiger charge is -2.15. The maximum atomic E-state index is 13.6. The molecule has 0 amide bonds. The molecule has 0 aliphatic carbocycles. The van der Waals surface area contributed by atoms with Gasteiger partial charge in [0, 0.05) is 0 Å². The summed E-state index contributed by atoms with van der Waals surface area (Å²) in [5.74, 6) is -2.18. The zero-order valence-corrected chi connectivity index (χ0v) is 12.4. The Morgan fingerprint density at radius 2 is 1.52 bits per heavy atom. The minimum Gasteiger partial charge on any atom is -0.279 e. The maximum Gasteiger partial charge on any atom is 0.267 e. The third-order valence-electron chi connectivity index (χ3n) is 3.01. The lowest BCUT2D eigenvalue weighted by atomic mass is 10.0. The van der Waals surface area contributed by atoms with Gasteiger partial charge in [-0.15, -0.1) is 0 Å². The molecule has 0 radical (unpaired) electrons. The number of para-hydroxylation sites is 1. The summed E-state index contributed by atoms with van der Waals surface area (Å²) in [5.41, 5.74) is 1.06. The minimum absolute atomic E-state index is 0.0642. The fourth-order valence-corrected chi connectivity index (χ4v) is 3.26. The normalized spacial score (nSPS) is 11.7. The topological polar surface area (TPSA) is 46.2 Å². The van der Waals surface area contributed by atoms with Crippen LogP contribution in [0.5, 0.6) is 0 Å². The van der Waals surface area contributed by atoms with Crippen LogP contribution in [0.15, 0.2) is 47.4 Å². The average molecular weight is 311 g/mol. The molecule has 0 atom stereocenters. The molecule has 0 aliphatic rings. The van der Waals surface area contributed by atoms with Crippen molar-refractivity contribution < 1.29 is 17.2 Å². The minimum atomic E-state index is -4.33. The largest absolute Gasteiger partial charge is 0.279 e. The highest BCUT2D eigenvalue weighted by atomic mass is 32.2. The Hall–Kier alpha value is -1.95. The van der Waals surface area contributed by atoms with Gasteiger partial charge in [-0.2, -0.15) is 0 Å². The molecule has 0 heterocycles. The van der Waals surface area contributed by atoms with Gasteiger partial charge in [-0.25, -0.2) is 17.2 Å². The summed E-state index contributed by atoms with van der Waals surface area (Å²) in [6.07, 6.45) is 0. The Kier molecular flexibility index (Phi) is 4.27. The number of hydrogen-bond acceptors (Lipinski definition) is 2. The fraction of sp³-hybridized carbons (Fsp3) is 0.200. The number of anilines is 1. The number of rotatable bonds is 4. The molecule has 21 heavy (non-hydrogen) atoms. The summed E-state index contributed by atoms with van der Waals surface area (Å²) in [6, 6.07) is 9.69. The van der Waals surface area contributed by atoms with Crippen molar-refractivity contribution in [1.82, 2.24) is 0 Å². The van der Waals surface area contributed by atoms with Crippen molar-refractivity contribution in [2.24, 2.45) is 0 Å². The molecule has 1 N–H and O–H groups in total. The third-order valence-corrected chi connectivity index (χ3v) is 4.43. The molecule has 0 saturated carbocycles. The van der Waals surface area contributed by atoms with Crippen molar-refractivity contribution in [2.45, 2.75) is 24.7 Å². The molecule has 0 saturated heterocycles. The Morgan fingerprint density at radius 3 is 2.10 bits per heavy atom. The first-order valence-corrected chi connectivity index (χ1v) is 7.87. The smallest absolute Gasteiger partial charge is 0.267 e. The van der Waals surface area contributed by atoms with Crippen molar-refractivity contribution >= 4 is 15.7 Å². The van der Waals surface area contributed by atoms with Crippen LogP contribution in [0.1, 0.15) is 25.3 Å². The van der Waals surface area contributed by atoms with Gasteiger partial charge in [0.05, 0.1) is 5.69 Å². The van der Waals surface area contributed by atoms with E-state index in [-0.39, 0.29) is 5.92 Å². The molecule has 0 aromatic heterocycles. The predicted molar refractivity (Wildman–Crippen MR) is 77.7 cm³/mol. The van der Waals surface area contributed by atoms with Crippen LogP contribution in [0.2, 0.25) is 0 Å². The number of nitrogens with one attached hydrogen (secondary N) is 1. The van der Waals surface area contributed by atoms with Crippen molar-refractivity contribution in [2.75, 3.05) is 4.72 Å². The third kappa shape index (κ3) is 3.21. The van der Waals surface area contributed by atoms with Gasteiger partial charge < -0.3 is 0 Å². The van der Waals surface area contributed by atoms with Gasteiger partial charge in [0.2, 0.25) is 0 Å². The second kappa shape index (κ2) is 5.81. The van der Waals surface area contributed by atoms with E-state index in [4.69, 9.17) is 0 Å². The summed E-state index contributed by atoms with van der Waals surface area (Å²) in [6.45, 7) is 3.80. The molecule has 112 valence electrons. The zero-order chi connectivity index (χ0) is 15.6. The van der Waals surface area contributed by atoms with E-state index < -0.39 is 26.6 Å². The summed E-state index contributed by atoms with van der Waals surface area (Å²) < 4.78 is 54.0. The second-order valence-corrected chi connectivity index (χ2v) is 6.52. The second-order valence-electron chi connectivity index (χ2n) is 4.90. The maximum absolute atomic E-state index is 13.6. The van der Waals surface area contributed by atoms with E-state index in [9.17, 15) is 17.2 Å². The lowest BCUT2D eigenvalue weighted by Crippen LogP contribution is -2.17.